The quantitative estimate of drug-likeness (QED) is 0.852. The zero-order valence-electron chi connectivity index (χ0n) is 11.9. The predicted octanol–water partition coefficient (Wildman–Crippen LogP) is 3.88. The van der Waals surface area contributed by atoms with Gasteiger partial charge in [0.05, 0.1) is 0 Å². The largest absolute Gasteiger partial charge is 0.326 e. The van der Waals surface area contributed by atoms with Gasteiger partial charge in [-0.2, -0.15) is 0 Å². The lowest BCUT2D eigenvalue weighted by Crippen LogP contribution is -2.20. The summed E-state index contributed by atoms with van der Waals surface area (Å²) in [6.45, 7) is 1.36. The smallest absolute Gasteiger partial charge is 0.252 e. The maximum atomic E-state index is 13.3. The van der Waals surface area contributed by atoms with Gasteiger partial charge in [0.2, 0.25) is 5.91 Å². The van der Waals surface area contributed by atoms with Crippen LogP contribution in [0.2, 0.25) is 0 Å². The summed E-state index contributed by atoms with van der Waals surface area (Å²) >= 11 is 0. The molecule has 0 aromatic heterocycles. The number of carbonyl (C=O) groups excluding carboxylic acids is 2. The molecule has 114 valence electrons. The van der Waals surface area contributed by atoms with Crippen molar-refractivity contribution < 1.29 is 18.4 Å². The van der Waals surface area contributed by atoms with E-state index in [0.717, 1.165) is 0 Å². The summed E-state index contributed by atoms with van der Waals surface area (Å²) in [5.74, 6) is -2.38. The number of benzene rings is 2. The van der Waals surface area contributed by atoms with E-state index in [9.17, 15) is 18.4 Å². The van der Waals surface area contributed by atoms with Crippen LogP contribution < -0.4 is 5.32 Å². The third kappa shape index (κ3) is 3.75. The van der Waals surface area contributed by atoms with Crippen LogP contribution in [0.15, 0.2) is 54.6 Å². The van der Waals surface area contributed by atoms with Gasteiger partial charge in [0, 0.05) is 18.2 Å². The molecular formula is C17H15F2NO2. The fraction of sp³-hybridized carbons (Fsp3) is 0.176. The third-order valence-corrected chi connectivity index (χ3v) is 3.18. The normalized spacial score (nSPS) is 12.0. The highest BCUT2D eigenvalue weighted by Crippen LogP contribution is 2.27. The second kappa shape index (κ2) is 6.93. The minimum atomic E-state index is -2.79. The van der Waals surface area contributed by atoms with Crippen LogP contribution in [0.3, 0.4) is 0 Å². The molecule has 2 aromatic carbocycles. The monoisotopic (exact) mass is 303 g/mol. The fourth-order valence-corrected chi connectivity index (χ4v) is 2.17. The van der Waals surface area contributed by atoms with Crippen LogP contribution in [0.5, 0.6) is 0 Å². The van der Waals surface area contributed by atoms with Crippen LogP contribution in [0.4, 0.5) is 14.5 Å². The van der Waals surface area contributed by atoms with Crippen LogP contribution in [-0.4, -0.2) is 18.1 Å². The van der Waals surface area contributed by atoms with Crippen LogP contribution in [-0.2, 0) is 4.79 Å². The molecule has 3 nitrogen and oxygen atoms in total. The van der Waals surface area contributed by atoms with Crippen LogP contribution in [0, 0.1) is 0 Å². The Morgan fingerprint density at radius 1 is 0.955 bits per heavy atom. The van der Waals surface area contributed by atoms with E-state index in [-0.39, 0.29) is 17.0 Å². The molecule has 0 spiro atoms. The van der Waals surface area contributed by atoms with Crippen molar-refractivity contribution in [3.05, 3.63) is 65.7 Å². The molecule has 2 rings (SSSR count). The van der Waals surface area contributed by atoms with Crippen LogP contribution in [0.25, 0.3) is 0 Å². The first-order chi connectivity index (χ1) is 10.5. The van der Waals surface area contributed by atoms with Gasteiger partial charge in [-0.05, 0) is 29.8 Å². The van der Waals surface area contributed by atoms with E-state index < -0.39 is 18.1 Å². The van der Waals surface area contributed by atoms with Gasteiger partial charge in [-0.3, -0.25) is 9.59 Å². The molecule has 0 saturated carbocycles. The van der Waals surface area contributed by atoms with Gasteiger partial charge < -0.3 is 5.32 Å². The average molecular weight is 303 g/mol. The second-order valence-electron chi connectivity index (χ2n) is 4.85. The Labute approximate surface area is 127 Å². The molecule has 0 radical (unpaired) electrons. The third-order valence-electron chi connectivity index (χ3n) is 3.18. The number of Topliss-reactive ketones (excluding diaryl/α,β-unsaturated/α-hetero) is 1. The minimum absolute atomic E-state index is 0.184. The molecule has 0 saturated heterocycles. The molecule has 22 heavy (non-hydrogen) atoms. The first-order valence-electron chi connectivity index (χ1n) is 6.74. The lowest BCUT2D eigenvalue weighted by Gasteiger charge is -2.15. The number of nitrogens with one attached hydrogen (secondary N) is 1. The van der Waals surface area contributed by atoms with Gasteiger partial charge in [0.1, 0.15) is 5.92 Å². The van der Waals surface area contributed by atoms with E-state index >= 15 is 0 Å². The molecular weight excluding hydrogens is 288 g/mol. The van der Waals surface area contributed by atoms with E-state index in [0.29, 0.717) is 5.69 Å². The summed E-state index contributed by atoms with van der Waals surface area (Å²) in [5, 5.41) is 2.56. The summed E-state index contributed by atoms with van der Waals surface area (Å²) in [7, 11) is 0. The summed E-state index contributed by atoms with van der Waals surface area (Å²) in [4.78, 5) is 23.3. The van der Waals surface area contributed by atoms with Gasteiger partial charge in [0.15, 0.2) is 5.78 Å². The Bertz CT molecular complexity index is 654. The highest BCUT2D eigenvalue weighted by molar-refractivity contribution is 6.01. The van der Waals surface area contributed by atoms with Crippen molar-refractivity contribution in [3.63, 3.8) is 0 Å². The average Bonchev–Trinajstić information content (AvgIpc) is 2.48. The van der Waals surface area contributed by atoms with E-state index in [1.165, 1.54) is 43.3 Å². The van der Waals surface area contributed by atoms with Crippen LogP contribution in [0.1, 0.15) is 28.8 Å². The summed E-state index contributed by atoms with van der Waals surface area (Å²) in [6.07, 6.45) is -2.79. The Morgan fingerprint density at radius 3 is 2.05 bits per heavy atom. The number of ketones is 1. The second-order valence-corrected chi connectivity index (χ2v) is 4.85. The van der Waals surface area contributed by atoms with Gasteiger partial charge in [-0.1, -0.05) is 30.3 Å². The Morgan fingerprint density at radius 2 is 1.55 bits per heavy atom. The van der Waals surface area contributed by atoms with Gasteiger partial charge in [-0.15, -0.1) is 0 Å². The Hall–Kier alpha value is -2.56. The lowest BCUT2D eigenvalue weighted by molar-refractivity contribution is -0.114. The first-order valence-corrected chi connectivity index (χ1v) is 6.74. The number of halogens is 2. The molecule has 0 heterocycles. The molecule has 0 aliphatic heterocycles. The molecule has 0 aliphatic carbocycles. The molecule has 2 aromatic rings. The lowest BCUT2D eigenvalue weighted by atomic mass is 9.91. The maximum Gasteiger partial charge on any atom is 0.252 e. The van der Waals surface area contributed by atoms with Gasteiger partial charge in [-0.25, -0.2) is 8.78 Å². The zero-order chi connectivity index (χ0) is 16.1. The molecule has 1 atom stereocenters. The van der Waals surface area contributed by atoms with Crippen molar-refractivity contribution in [2.45, 2.75) is 19.3 Å². The van der Waals surface area contributed by atoms with Gasteiger partial charge in [0.25, 0.3) is 6.43 Å². The molecule has 5 heteroatoms. The number of anilines is 1. The van der Waals surface area contributed by atoms with Crippen molar-refractivity contribution in [1.29, 1.82) is 0 Å². The number of carbonyl (C=O) groups is 2. The summed E-state index contributed by atoms with van der Waals surface area (Å²) < 4.78 is 26.6. The van der Waals surface area contributed by atoms with Crippen molar-refractivity contribution in [1.82, 2.24) is 0 Å². The summed E-state index contributed by atoms with van der Waals surface area (Å²) in [5.41, 5.74) is 0.981. The summed E-state index contributed by atoms with van der Waals surface area (Å²) in [6, 6.07) is 13.9. The zero-order valence-corrected chi connectivity index (χ0v) is 11.9. The molecule has 1 amide bonds. The van der Waals surface area contributed by atoms with E-state index in [1.807, 2.05) is 0 Å². The number of amides is 1. The van der Waals surface area contributed by atoms with E-state index in [4.69, 9.17) is 0 Å². The van der Waals surface area contributed by atoms with E-state index in [2.05, 4.69) is 5.32 Å². The van der Waals surface area contributed by atoms with E-state index in [1.54, 1.807) is 18.2 Å². The molecule has 1 unspecified atom stereocenters. The van der Waals surface area contributed by atoms with Crippen LogP contribution >= 0.6 is 0 Å². The molecule has 0 fully saturated rings. The van der Waals surface area contributed by atoms with Crippen molar-refractivity contribution in [2.24, 2.45) is 0 Å². The Kier molecular flexibility index (Phi) is 4.99. The SMILES string of the molecule is CC(=O)Nc1ccc(C(=O)C(c2ccccc2)C(F)F)cc1. The highest BCUT2D eigenvalue weighted by atomic mass is 19.3. The first kappa shape index (κ1) is 15.8. The van der Waals surface area contributed by atoms with Crippen molar-refractivity contribution >= 4 is 17.4 Å². The van der Waals surface area contributed by atoms with Crippen molar-refractivity contribution in [3.8, 4) is 0 Å². The molecule has 0 bridgehead atoms. The number of hydrogen-bond donors (Lipinski definition) is 1. The number of hydrogen-bond acceptors (Lipinski definition) is 2. The predicted molar refractivity (Wildman–Crippen MR) is 80.3 cm³/mol. The maximum absolute atomic E-state index is 13.3. The number of rotatable bonds is 5. The van der Waals surface area contributed by atoms with Gasteiger partial charge >= 0.3 is 0 Å². The Balaban J connectivity index is 2.26. The highest BCUT2D eigenvalue weighted by Gasteiger charge is 2.30. The fourth-order valence-electron chi connectivity index (χ4n) is 2.17. The number of alkyl halides is 2. The minimum Gasteiger partial charge on any atom is -0.326 e. The molecule has 0 aliphatic rings. The standard InChI is InChI=1S/C17H15F2NO2/c1-11(21)20-14-9-7-13(8-10-14)16(22)15(17(18)19)12-5-3-2-4-6-12/h2-10,15,17H,1H3,(H,20,21). The van der Waals surface area contributed by atoms with Crippen molar-refractivity contribution in [2.75, 3.05) is 5.32 Å². The molecule has 1 N–H and O–H groups in total. The topological polar surface area (TPSA) is 46.2 Å².